The molecular formula is C9H15NO2. The SMILES string of the molecule is O=C(O)/C=C/CNCC1CCC1. The van der Waals surface area contributed by atoms with E-state index < -0.39 is 5.97 Å². The van der Waals surface area contributed by atoms with Crippen LogP contribution < -0.4 is 5.32 Å². The molecule has 0 spiro atoms. The van der Waals surface area contributed by atoms with Crippen molar-refractivity contribution < 1.29 is 9.90 Å². The molecule has 0 saturated heterocycles. The van der Waals surface area contributed by atoms with Crippen molar-refractivity contribution in [2.24, 2.45) is 5.92 Å². The third-order valence-electron chi connectivity index (χ3n) is 2.18. The minimum Gasteiger partial charge on any atom is -0.478 e. The Morgan fingerprint density at radius 3 is 2.83 bits per heavy atom. The van der Waals surface area contributed by atoms with Gasteiger partial charge in [-0.2, -0.15) is 0 Å². The molecule has 2 N–H and O–H groups in total. The summed E-state index contributed by atoms with van der Waals surface area (Å²) in [5, 5.41) is 11.5. The molecule has 68 valence electrons. The van der Waals surface area contributed by atoms with Gasteiger partial charge in [0.25, 0.3) is 0 Å². The van der Waals surface area contributed by atoms with Crippen LogP contribution in [0.3, 0.4) is 0 Å². The van der Waals surface area contributed by atoms with Gasteiger partial charge in [-0.1, -0.05) is 12.5 Å². The topological polar surface area (TPSA) is 49.3 Å². The van der Waals surface area contributed by atoms with E-state index in [0.717, 1.165) is 12.5 Å². The Bertz CT molecular complexity index is 173. The minimum absolute atomic E-state index is 0.669. The highest BCUT2D eigenvalue weighted by molar-refractivity contribution is 5.79. The van der Waals surface area contributed by atoms with Gasteiger partial charge in [-0.15, -0.1) is 0 Å². The van der Waals surface area contributed by atoms with Gasteiger partial charge in [0.15, 0.2) is 0 Å². The van der Waals surface area contributed by atoms with Crippen molar-refractivity contribution in [3.8, 4) is 0 Å². The Kier molecular flexibility index (Phi) is 3.80. The first kappa shape index (κ1) is 9.26. The highest BCUT2D eigenvalue weighted by atomic mass is 16.4. The predicted octanol–water partition coefficient (Wildman–Crippen LogP) is 1.02. The summed E-state index contributed by atoms with van der Waals surface area (Å²) in [7, 11) is 0. The largest absolute Gasteiger partial charge is 0.478 e. The third kappa shape index (κ3) is 3.53. The fraction of sp³-hybridized carbons (Fsp3) is 0.667. The number of carbonyl (C=O) groups is 1. The van der Waals surface area contributed by atoms with Gasteiger partial charge in [-0.3, -0.25) is 0 Å². The third-order valence-corrected chi connectivity index (χ3v) is 2.18. The van der Waals surface area contributed by atoms with Gasteiger partial charge in [0.05, 0.1) is 0 Å². The molecule has 3 nitrogen and oxygen atoms in total. The van der Waals surface area contributed by atoms with Crippen LogP contribution in [0.15, 0.2) is 12.2 Å². The van der Waals surface area contributed by atoms with Crippen LogP contribution in [0.1, 0.15) is 19.3 Å². The van der Waals surface area contributed by atoms with Crippen LogP contribution >= 0.6 is 0 Å². The standard InChI is InChI=1S/C9H15NO2/c11-9(12)5-2-6-10-7-8-3-1-4-8/h2,5,8,10H,1,3-4,6-7H2,(H,11,12)/b5-2+. The number of hydrogen-bond donors (Lipinski definition) is 2. The van der Waals surface area contributed by atoms with E-state index in [9.17, 15) is 4.79 Å². The molecule has 0 aromatic rings. The van der Waals surface area contributed by atoms with Crippen LogP contribution in [-0.2, 0) is 4.79 Å². The van der Waals surface area contributed by atoms with Crippen LogP contribution in [-0.4, -0.2) is 24.2 Å². The van der Waals surface area contributed by atoms with Crippen molar-refractivity contribution in [1.29, 1.82) is 0 Å². The van der Waals surface area contributed by atoms with Gasteiger partial charge in [0.2, 0.25) is 0 Å². The first-order chi connectivity index (χ1) is 5.79. The lowest BCUT2D eigenvalue weighted by Gasteiger charge is -2.25. The van der Waals surface area contributed by atoms with Gasteiger partial charge in [0, 0.05) is 12.6 Å². The molecular weight excluding hydrogens is 154 g/mol. The van der Waals surface area contributed by atoms with Gasteiger partial charge in [-0.05, 0) is 25.3 Å². The summed E-state index contributed by atoms with van der Waals surface area (Å²) < 4.78 is 0. The molecule has 1 aliphatic rings. The highest BCUT2D eigenvalue weighted by Crippen LogP contribution is 2.24. The van der Waals surface area contributed by atoms with Crippen molar-refractivity contribution in [3.63, 3.8) is 0 Å². The van der Waals surface area contributed by atoms with E-state index in [-0.39, 0.29) is 0 Å². The lowest BCUT2D eigenvalue weighted by Crippen LogP contribution is -2.27. The molecule has 3 heteroatoms. The fourth-order valence-corrected chi connectivity index (χ4v) is 1.23. The van der Waals surface area contributed by atoms with E-state index in [0.29, 0.717) is 6.54 Å². The van der Waals surface area contributed by atoms with E-state index in [1.165, 1.54) is 25.3 Å². The maximum Gasteiger partial charge on any atom is 0.328 e. The number of carboxylic acids is 1. The first-order valence-corrected chi connectivity index (χ1v) is 4.39. The predicted molar refractivity (Wildman–Crippen MR) is 47.0 cm³/mol. The maximum atomic E-state index is 10.0. The maximum absolute atomic E-state index is 10.0. The van der Waals surface area contributed by atoms with Crippen molar-refractivity contribution in [2.45, 2.75) is 19.3 Å². The molecule has 0 aromatic carbocycles. The van der Waals surface area contributed by atoms with Crippen molar-refractivity contribution in [3.05, 3.63) is 12.2 Å². The smallest absolute Gasteiger partial charge is 0.328 e. The second-order valence-electron chi connectivity index (χ2n) is 3.20. The van der Waals surface area contributed by atoms with Crippen LogP contribution in [0, 0.1) is 5.92 Å². The zero-order valence-electron chi connectivity index (χ0n) is 7.12. The molecule has 12 heavy (non-hydrogen) atoms. The highest BCUT2D eigenvalue weighted by Gasteiger charge is 2.15. The Labute approximate surface area is 72.5 Å². The van der Waals surface area contributed by atoms with Gasteiger partial charge >= 0.3 is 5.97 Å². The molecule has 1 saturated carbocycles. The number of aliphatic carboxylic acids is 1. The van der Waals surface area contributed by atoms with E-state index in [4.69, 9.17) is 5.11 Å². The molecule has 1 fully saturated rings. The number of carboxylic acid groups (broad SMARTS) is 1. The average molecular weight is 169 g/mol. The molecule has 0 radical (unpaired) electrons. The van der Waals surface area contributed by atoms with E-state index in [1.54, 1.807) is 6.08 Å². The second kappa shape index (κ2) is 4.93. The van der Waals surface area contributed by atoms with Crippen LogP contribution in [0.2, 0.25) is 0 Å². The Balaban J connectivity index is 1.91. The summed E-state index contributed by atoms with van der Waals surface area (Å²) in [6.45, 7) is 1.70. The first-order valence-electron chi connectivity index (χ1n) is 4.39. The summed E-state index contributed by atoms with van der Waals surface area (Å²) in [5.74, 6) is -0.0383. The van der Waals surface area contributed by atoms with E-state index >= 15 is 0 Å². The average Bonchev–Trinajstić information content (AvgIpc) is 1.92. The lowest BCUT2D eigenvalue weighted by molar-refractivity contribution is -0.131. The molecule has 0 aliphatic heterocycles. The van der Waals surface area contributed by atoms with Crippen LogP contribution in [0.4, 0.5) is 0 Å². The molecule has 0 aromatic heterocycles. The van der Waals surface area contributed by atoms with E-state index in [1.807, 2.05) is 0 Å². The van der Waals surface area contributed by atoms with Crippen molar-refractivity contribution >= 4 is 5.97 Å². The zero-order chi connectivity index (χ0) is 8.81. The van der Waals surface area contributed by atoms with Crippen LogP contribution in [0.25, 0.3) is 0 Å². The molecule has 0 amide bonds. The Morgan fingerprint density at radius 1 is 1.58 bits per heavy atom. The second-order valence-corrected chi connectivity index (χ2v) is 3.20. The normalized spacial score (nSPS) is 18.0. The van der Waals surface area contributed by atoms with Crippen molar-refractivity contribution in [1.82, 2.24) is 5.32 Å². The van der Waals surface area contributed by atoms with Gasteiger partial charge in [0.1, 0.15) is 0 Å². The summed E-state index contributed by atoms with van der Waals surface area (Å²) in [6.07, 6.45) is 6.83. The number of nitrogens with one attached hydrogen (secondary N) is 1. The number of rotatable bonds is 5. The molecule has 0 atom stereocenters. The molecule has 1 aliphatic carbocycles. The Morgan fingerprint density at radius 2 is 2.33 bits per heavy atom. The quantitative estimate of drug-likeness (QED) is 0.477. The summed E-state index contributed by atoms with van der Waals surface area (Å²) in [4.78, 5) is 10.0. The summed E-state index contributed by atoms with van der Waals surface area (Å²) in [6, 6.07) is 0. The summed E-state index contributed by atoms with van der Waals surface area (Å²) in [5.41, 5.74) is 0. The van der Waals surface area contributed by atoms with E-state index in [2.05, 4.69) is 5.32 Å². The number of hydrogen-bond acceptors (Lipinski definition) is 2. The van der Waals surface area contributed by atoms with Crippen molar-refractivity contribution in [2.75, 3.05) is 13.1 Å². The zero-order valence-corrected chi connectivity index (χ0v) is 7.12. The summed E-state index contributed by atoms with van der Waals surface area (Å²) >= 11 is 0. The fourth-order valence-electron chi connectivity index (χ4n) is 1.23. The lowest BCUT2D eigenvalue weighted by atomic mass is 9.85. The van der Waals surface area contributed by atoms with Gasteiger partial charge < -0.3 is 10.4 Å². The monoisotopic (exact) mass is 169 g/mol. The molecule has 0 heterocycles. The molecule has 1 rings (SSSR count). The molecule has 0 bridgehead atoms. The van der Waals surface area contributed by atoms with Crippen LogP contribution in [0.5, 0.6) is 0 Å². The Hall–Kier alpha value is -0.830. The minimum atomic E-state index is -0.875. The van der Waals surface area contributed by atoms with Gasteiger partial charge in [-0.25, -0.2) is 4.79 Å². The molecule has 0 unspecified atom stereocenters.